The summed E-state index contributed by atoms with van der Waals surface area (Å²) in [5, 5.41) is 19.9. The number of aliphatic hydroxyl groups is 2. The van der Waals surface area contributed by atoms with Crippen LogP contribution in [0.2, 0.25) is 0 Å². The Kier molecular flexibility index (Phi) is 6.52. The van der Waals surface area contributed by atoms with Crippen LogP contribution in [0, 0.1) is 11.8 Å². The molecule has 0 radical (unpaired) electrons. The van der Waals surface area contributed by atoms with E-state index in [1.54, 1.807) is 12.1 Å². The van der Waals surface area contributed by atoms with Crippen LogP contribution in [0.25, 0.3) is 11.1 Å². The molecule has 2 aromatic carbocycles. The number of carbonyl (C=O) groups is 1. The van der Waals surface area contributed by atoms with Crippen LogP contribution in [0.1, 0.15) is 49.4 Å². The van der Waals surface area contributed by atoms with Crippen molar-refractivity contribution in [3.05, 3.63) is 60.2 Å². The van der Waals surface area contributed by atoms with Crippen molar-refractivity contribution in [1.82, 2.24) is 0 Å². The van der Waals surface area contributed by atoms with Crippen LogP contribution < -0.4 is 0 Å². The van der Waals surface area contributed by atoms with Gasteiger partial charge in [0.15, 0.2) is 6.29 Å². The molecule has 5 nitrogen and oxygen atoms in total. The number of benzene rings is 2. The Morgan fingerprint density at radius 2 is 1.80 bits per heavy atom. The fourth-order valence-corrected chi connectivity index (χ4v) is 4.86. The topological polar surface area (TPSA) is 76.0 Å². The van der Waals surface area contributed by atoms with Gasteiger partial charge in [0.05, 0.1) is 17.8 Å². The Morgan fingerprint density at radius 3 is 2.50 bits per heavy atom. The first-order chi connectivity index (χ1) is 14.5. The lowest BCUT2D eigenvalue weighted by Gasteiger charge is -2.25. The second-order valence-electron chi connectivity index (χ2n) is 8.45. The second-order valence-corrected chi connectivity index (χ2v) is 8.45. The van der Waals surface area contributed by atoms with Crippen LogP contribution in [-0.2, 0) is 9.47 Å². The highest BCUT2D eigenvalue weighted by Gasteiger charge is 2.50. The summed E-state index contributed by atoms with van der Waals surface area (Å²) in [5.74, 6) is -0.0654. The highest BCUT2D eigenvalue weighted by Crippen LogP contribution is 2.46. The van der Waals surface area contributed by atoms with Crippen LogP contribution >= 0.6 is 0 Å². The van der Waals surface area contributed by atoms with Crippen LogP contribution in [0.5, 0.6) is 0 Å². The van der Waals surface area contributed by atoms with Gasteiger partial charge in [-0.3, -0.25) is 0 Å². The summed E-state index contributed by atoms with van der Waals surface area (Å²) in [6.45, 7) is 1.96. The summed E-state index contributed by atoms with van der Waals surface area (Å²) in [6, 6.07) is 17.5. The molecule has 2 fully saturated rings. The maximum Gasteiger partial charge on any atom is 0.338 e. The number of hydrogen-bond donors (Lipinski definition) is 2. The molecule has 30 heavy (non-hydrogen) atoms. The molecule has 160 valence electrons. The molecule has 1 aliphatic carbocycles. The van der Waals surface area contributed by atoms with Gasteiger partial charge in [-0.1, -0.05) is 49.4 Å². The largest absolute Gasteiger partial charge is 0.458 e. The van der Waals surface area contributed by atoms with Gasteiger partial charge in [-0.15, -0.1) is 0 Å². The Labute approximate surface area is 177 Å². The molecule has 2 unspecified atom stereocenters. The molecule has 1 aliphatic heterocycles. The van der Waals surface area contributed by atoms with Crippen LogP contribution in [-0.4, -0.2) is 40.8 Å². The van der Waals surface area contributed by atoms with E-state index >= 15 is 0 Å². The number of hydrogen-bond acceptors (Lipinski definition) is 5. The summed E-state index contributed by atoms with van der Waals surface area (Å²) >= 11 is 0. The first-order valence-electron chi connectivity index (χ1n) is 10.9. The van der Waals surface area contributed by atoms with Gasteiger partial charge in [-0.2, -0.15) is 0 Å². The Bertz CT molecular complexity index is 834. The normalized spacial score (nSPS) is 28.8. The third-order valence-electron chi connectivity index (χ3n) is 6.57. The summed E-state index contributed by atoms with van der Waals surface area (Å²) < 4.78 is 11.5. The Hall–Kier alpha value is -2.21. The predicted molar refractivity (Wildman–Crippen MR) is 114 cm³/mol. The molecule has 5 heteroatoms. The van der Waals surface area contributed by atoms with Gasteiger partial charge in [-0.05, 0) is 48.4 Å². The molecule has 2 aliphatic rings. The van der Waals surface area contributed by atoms with Crippen molar-refractivity contribution in [1.29, 1.82) is 0 Å². The third kappa shape index (κ3) is 4.59. The Morgan fingerprint density at radius 1 is 1.10 bits per heavy atom. The van der Waals surface area contributed by atoms with Crippen molar-refractivity contribution >= 4 is 5.97 Å². The summed E-state index contributed by atoms with van der Waals surface area (Å²) in [7, 11) is 0. The lowest BCUT2D eigenvalue weighted by molar-refractivity contribution is -0.0958. The van der Waals surface area contributed by atoms with Gasteiger partial charge in [0.25, 0.3) is 0 Å². The smallest absolute Gasteiger partial charge is 0.338 e. The number of fused-ring (bicyclic) bond motifs is 1. The number of aliphatic hydroxyl groups excluding tert-OH is 2. The van der Waals surface area contributed by atoms with Gasteiger partial charge in [-0.25, -0.2) is 4.79 Å². The zero-order chi connectivity index (χ0) is 21.1. The Balaban J connectivity index is 1.43. The zero-order valence-electron chi connectivity index (χ0n) is 17.3. The van der Waals surface area contributed by atoms with E-state index in [1.807, 2.05) is 49.4 Å². The average molecular weight is 411 g/mol. The van der Waals surface area contributed by atoms with E-state index in [0.29, 0.717) is 31.2 Å². The van der Waals surface area contributed by atoms with Gasteiger partial charge >= 0.3 is 5.97 Å². The molecular formula is C25H30O5. The molecule has 1 saturated carbocycles. The van der Waals surface area contributed by atoms with Crippen LogP contribution in [0.4, 0.5) is 0 Å². The average Bonchev–Trinajstić information content (AvgIpc) is 3.28. The van der Waals surface area contributed by atoms with Crippen molar-refractivity contribution in [2.45, 2.75) is 63.6 Å². The molecule has 2 N–H and O–H groups in total. The minimum absolute atomic E-state index is 0.0815. The van der Waals surface area contributed by atoms with Crippen LogP contribution in [0.15, 0.2) is 54.6 Å². The summed E-state index contributed by atoms with van der Waals surface area (Å²) in [4.78, 5) is 12.8. The lowest BCUT2D eigenvalue weighted by Crippen LogP contribution is -2.27. The number of carbonyl (C=O) groups excluding carboxylic acids is 1. The number of rotatable bonds is 7. The van der Waals surface area contributed by atoms with Gasteiger partial charge in [0.1, 0.15) is 6.10 Å². The summed E-state index contributed by atoms with van der Waals surface area (Å²) in [6.07, 6.45) is 1.88. The minimum Gasteiger partial charge on any atom is -0.458 e. The van der Waals surface area contributed by atoms with E-state index in [2.05, 4.69) is 0 Å². The quantitative estimate of drug-likeness (QED) is 0.670. The predicted octanol–water partition coefficient (Wildman–Crippen LogP) is 4.17. The SMILES string of the molecule is CC[C@H](O)CC[C@H]1C(OC(=O)c2ccc(-c3ccccc3)cc2)C[C@@H]2OC(O)C[C@@H]21. The summed E-state index contributed by atoms with van der Waals surface area (Å²) in [5.41, 5.74) is 2.68. The molecule has 2 aromatic rings. The molecule has 1 heterocycles. The number of esters is 1. The van der Waals surface area contributed by atoms with Crippen molar-refractivity contribution < 1.29 is 24.5 Å². The zero-order valence-corrected chi connectivity index (χ0v) is 17.3. The van der Waals surface area contributed by atoms with E-state index in [0.717, 1.165) is 17.5 Å². The highest BCUT2D eigenvalue weighted by atomic mass is 16.6. The molecule has 1 saturated heterocycles. The van der Waals surface area contributed by atoms with Gasteiger partial charge in [0, 0.05) is 18.8 Å². The molecule has 0 spiro atoms. The standard InChI is InChI=1S/C25H30O5/c1-2-19(26)12-13-20-21-14-24(27)29-23(21)15-22(20)30-25(28)18-10-8-17(9-11-18)16-6-4-3-5-7-16/h3-11,19-24,26-27H,2,12-15H2,1H3/t19-,20+,21+,22?,23-,24?/m0/s1. The van der Waals surface area contributed by atoms with Gasteiger partial charge in [0.2, 0.25) is 0 Å². The maximum atomic E-state index is 12.8. The van der Waals surface area contributed by atoms with Crippen molar-refractivity contribution in [2.75, 3.05) is 0 Å². The monoisotopic (exact) mass is 410 g/mol. The lowest BCUT2D eigenvalue weighted by atomic mass is 9.87. The molecular weight excluding hydrogens is 380 g/mol. The van der Waals surface area contributed by atoms with E-state index in [9.17, 15) is 15.0 Å². The van der Waals surface area contributed by atoms with Crippen molar-refractivity contribution in [3.63, 3.8) is 0 Å². The van der Waals surface area contributed by atoms with Crippen molar-refractivity contribution in [2.24, 2.45) is 11.8 Å². The van der Waals surface area contributed by atoms with E-state index in [-0.39, 0.29) is 36.1 Å². The molecule has 0 bridgehead atoms. The van der Waals surface area contributed by atoms with E-state index in [1.165, 1.54) is 0 Å². The van der Waals surface area contributed by atoms with E-state index < -0.39 is 6.29 Å². The highest BCUT2D eigenvalue weighted by molar-refractivity contribution is 5.90. The molecule has 0 aromatic heterocycles. The van der Waals surface area contributed by atoms with Gasteiger partial charge < -0.3 is 19.7 Å². The molecule has 0 amide bonds. The van der Waals surface area contributed by atoms with Crippen molar-refractivity contribution in [3.8, 4) is 11.1 Å². The second kappa shape index (κ2) is 9.29. The first-order valence-corrected chi connectivity index (χ1v) is 10.9. The fraction of sp³-hybridized carbons (Fsp3) is 0.480. The number of ether oxygens (including phenoxy) is 2. The van der Waals surface area contributed by atoms with E-state index in [4.69, 9.17) is 9.47 Å². The minimum atomic E-state index is -0.735. The first kappa shape index (κ1) is 21.0. The molecule has 4 rings (SSSR count). The fourth-order valence-electron chi connectivity index (χ4n) is 4.86. The van der Waals surface area contributed by atoms with Crippen LogP contribution in [0.3, 0.4) is 0 Å². The molecule has 6 atom stereocenters. The third-order valence-corrected chi connectivity index (χ3v) is 6.57. The maximum absolute atomic E-state index is 12.8.